The van der Waals surface area contributed by atoms with Crippen LogP contribution in [-0.2, 0) is 6.61 Å². The maximum atomic E-state index is 12.3. The van der Waals surface area contributed by atoms with Crippen LogP contribution in [0.3, 0.4) is 0 Å². The van der Waals surface area contributed by atoms with Crippen LogP contribution in [0.2, 0.25) is 0 Å². The highest BCUT2D eigenvalue weighted by Crippen LogP contribution is 2.23. The number of hydrogen-bond acceptors (Lipinski definition) is 5. The summed E-state index contributed by atoms with van der Waals surface area (Å²) in [6, 6.07) is 18.4. The lowest BCUT2D eigenvalue weighted by atomic mass is 10.1. The Morgan fingerprint density at radius 2 is 1.83 bits per heavy atom. The Morgan fingerprint density at radius 3 is 2.52 bits per heavy atom. The molecule has 0 saturated heterocycles. The highest BCUT2D eigenvalue weighted by atomic mass is 16.6. The second kappa shape index (κ2) is 8.88. The van der Waals surface area contributed by atoms with Crippen molar-refractivity contribution >= 4 is 17.3 Å². The van der Waals surface area contributed by atoms with Gasteiger partial charge in [0.15, 0.2) is 0 Å². The molecule has 0 atom stereocenters. The number of non-ortho nitro benzene ring substituents is 1. The summed E-state index contributed by atoms with van der Waals surface area (Å²) in [5.74, 6) is 0.977. The van der Waals surface area contributed by atoms with Crippen LogP contribution < -0.4 is 14.8 Å². The number of carbonyl (C=O) groups is 1. The zero-order valence-corrected chi connectivity index (χ0v) is 16.0. The molecule has 3 rings (SSSR count). The second-order valence-corrected chi connectivity index (χ2v) is 6.39. The molecule has 7 nitrogen and oxygen atoms in total. The predicted molar refractivity (Wildman–Crippen MR) is 110 cm³/mol. The average molecular weight is 392 g/mol. The van der Waals surface area contributed by atoms with E-state index in [9.17, 15) is 14.9 Å². The first-order valence-electron chi connectivity index (χ1n) is 8.88. The van der Waals surface area contributed by atoms with E-state index in [4.69, 9.17) is 9.47 Å². The normalized spacial score (nSPS) is 10.3. The van der Waals surface area contributed by atoms with Crippen LogP contribution in [0.25, 0.3) is 0 Å². The molecule has 0 bridgehead atoms. The van der Waals surface area contributed by atoms with Crippen LogP contribution in [0, 0.1) is 17.0 Å². The molecule has 0 spiro atoms. The van der Waals surface area contributed by atoms with Crippen LogP contribution in [0.15, 0.2) is 66.7 Å². The van der Waals surface area contributed by atoms with Gasteiger partial charge in [0, 0.05) is 28.9 Å². The van der Waals surface area contributed by atoms with Gasteiger partial charge in [0.1, 0.15) is 18.1 Å². The molecular formula is C22H20N2O5. The first kappa shape index (κ1) is 19.9. The van der Waals surface area contributed by atoms with Crippen LogP contribution in [0.5, 0.6) is 11.5 Å². The molecule has 1 amide bonds. The van der Waals surface area contributed by atoms with Crippen LogP contribution in [0.1, 0.15) is 21.5 Å². The third kappa shape index (κ3) is 5.10. The molecule has 148 valence electrons. The smallest absolute Gasteiger partial charge is 0.270 e. The number of ether oxygens (including phenoxy) is 2. The Morgan fingerprint density at radius 1 is 1.07 bits per heavy atom. The first-order chi connectivity index (χ1) is 14.0. The number of anilines is 1. The Bertz CT molecular complexity index is 1030. The molecule has 7 heteroatoms. The van der Waals surface area contributed by atoms with E-state index in [1.54, 1.807) is 31.4 Å². The van der Waals surface area contributed by atoms with Crippen LogP contribution >= 0.6 is 0 Å². The number of nitrogens with one attached hydrogen (secondary N) is 1. The number of amides is 1. The van der Waals surface area contributed by atoms with Gasteiger partial charge in [-0.2, -0.15) is 0 Å². The zero-order chi connectivity index (χ0) is 20.8. The SMILES string of the molecule is COc1ccc(C)cc1COc1ccc(NC(=O)c2cccc([N+](=O)[O-])c2)cc1. The number of carbonyl (C=O) groups excluding carboxylic acids is 1. The van der Waals surface area contributed by atoms with Gasteiger partial charge in [-0.15, -0.1) is 0 Å². The van der Waals surface area contributed by atoms with Gasteiger partial charge in [-0.1, -0.05) is 17.7 Å². The topological polar surface area (TPSA) is 90.7 Å². The van der Waals surface area contributed by atoms with Gasteiger partial charge >= 0.3 is 0 Å². The predicted octanol–water partition coefficient (Wildman–Crippen LogP) is 4.74. The Balaban J connectivity index is 1.63. The van der Waals surface area contributed by atoms with E-state index >= 15 is 0 Å². The number of nitrogens with zero attached hydrogens (tertiary/aromatic N) is 1. The molecular weight excluding hydrogens is 372 g/mol. The summed E-state index contributed by atoms with van der Waals surface area (Å²) in [4.78, 5) is 22.6. The number of rotatable bonds is 7. The third-order valence-corrected chi connectivity index (χ3v) is 4.26. The number of nitro benzene ring substituents is 1. The maximum absolute atomic E-state index is 12.3. The lowest BCUT2D eigenvalue weighted by molar-refractivity contribution is -0.384. The number of benzene rings is 3. The van der Waals surface area contributed by atoms with Gasteiger partial charge in [-0.05, 0) is 49.4 Å². The first-order valence-corrected chi connectivity index (χ1v) is 8.88. The summed E-state index contributed by atoms with van der Waals surface area (Å²) in [5.41, 5.74) is 2.69. The average Bonchev–Trinajstić information content (AvgIpc) is 2.73. The quantitative estimate of drug-likeness (QED) is 0.463. The molecule has 0 heterocycles. The van der Waals surface area contributed by atoms with Crippen molar-refractivity contribution in [3.05, 3.63) is 93.5 Å². The van der Waals surface area contributed by atoms with Crippen LogP contribution in [0.4, 0.5) is 11.4 Å². The molecule has 29 heavy (non-hydrogen) atoms. The number of hydrogen-bond donors (Lipinski definition) is 1. The van der Waals surface area contributed by atoms with E-state index in [0.717, 1.165) is 16.9 Å². The van der Waals surface area contributed by atoms with Crippen molar-refractivity contribution in [2.24, 2.45) is 0 Å². The summed E-state index contributed by atoms with van der Waals surface area (Å²) in [7, 11) is 1.62. The van der Waals surface area contributed by atoms with E-state index in [1.165, 1.54) is 24.3 Å². The fraction of sp³-hybridized carbons (Fsp3) is 0.136. The Labute approximate surface area is 168 Å². The molecule has 1 N–H and O–H groups in total. The fourth-order valence-corrected chi connectivity index (χ4v) is 2.78. The lowest BCUT2D eigenvalue weighted by Gasteiger charge is -2.12. The second-order valence-electron chi connectivity index (χ2n) is 6.39. The number of aryl methyl sites for hydroxylation is 1. The largest absolute Gasteiger partial charge is 0.496 e. The van der Waals surface area contributed by atoms with Gasteiger partial charge in [-0.25, -0.2) is 0 Å². The summed E-state index contributed by atoms with van der Waals surface area (Å²) >= 11 is 0. The maximum Gasteiger partial charge on any atom is 0.270 e. The summed E-state index contributed by atoms with van der Waals surface area (Å²) in [6.07, 6.45) is 0. The third-order valence-electron chi connectivity index (χ3n) is 4.26. The molecule has 0 fully saturated rings. The minimum absolute atomic E-state index is 0.132. The molecule has 0 aliphatic heterocycles. The molecule has 3 aromatic carbocycles. The van der Waals surface area contributed by atoms with E-state index < -0.39 is 10.8 Å². The van der Waals surface area contributed by atoms with E-state index in [2.05, 4.69) is 5.32 Å². The summed E-state index contributed by atoms with van der Waals surface area (Å²) in [6.45, 7) is 2.35. The van der Waals surface area contributed by atoms with E-state index in [-0.39, 0.29) is 11.3 Å². The summed E-state index contributed by atoms with van der Waals surface area (Å²) < 4.78 is 11.2. The van der Waals surface area contributed by atoms with Crippen molar-refractivity contribution in [1.82, 2.24) is 0 Å². The van der Waals surface area contributed by atoms with Gasteiger partial charge in [0.25, 0.3) is 11.6 Å². The van der Waals surface area contributed by atoms with Crippen molar-refractivity contribution in [3.63, 3.8) is 0 Å². The van der Waals surface area contributed by atoms with Crippen molar-refractivity contribution in [2.75, 3.05) is 12.4 Å². The Kier molecular flexibility index (Phi) is 6.09. The molecule has 0 unspecified atom stereocenters. The van der Waals surface area contributed by atoms with Crippen LogP contribution in [-0.4, -0.2) is 17.9 Å². The van der Waals surface area contributed by atoms with Crippen molar-refractivity contribution in [1.29, 1.82) is 0 Å². The number of nitro groups is 1. The molecule has 3 aromatic rings. The van der Waals surface area contributed by atoms with E-state index in [1.807, 2.05) is 25.1 Å². The zero-order valence-electron chi connectivity index (χ0n) is 16.0. The van der Waals surface area contributed by atoms with Crippen molar-refractivity contribution in [2.45, 2.75) is 13.5 Å². The van der Waals surface area contributed by atoms with Gasteiger partial charge in [0.2, 0.25) is 0 Å². The molecule has 0 aliphatic rings. The van der Waals surface area contributed by atoms with E-state index in [0.29, 0.717) is 18.0 Å². The molecule has 0 aromatic heterocycles. The number of methoxy groups -OCH3 is 1. The molecule has 0 saturated carbocycles. The highest BCUT2D eigenvalue weighted by Gasteiger charge is 2.12. The molecule has 0 aliphatic carbocycles. The minimum atomic E-state index is -0.536. The van der Waals surface area contributed by atoms with Gasteiger partial charge in [0.05, 0.1) is 12.0 Å². The standard InChI is InChI=1S/C22H20N2O5/c1-15-6-11-21(28-2)17(12-15)14-29-20-9-7-18(8-10-20)23-22(25)16-4-3-5-19(13-16)24(26)27/h3-13H,14H2,1-2H3,(H,23,25). The monoisotopic (exact) mass is 392 g/mol. The molecule has 0 radical (unpaired) electrons. The van der Waals surface area contributed by atoms with Crippen molar-refractivity contribution in [3.8, 4) is 11.5 Å². The highest BCUT2D eigenvalue weighted by molar-refractivity contribution is 6.04. The minimum Gasteiger partial charge on any atom is -0.496 e. The Hall–Kier alpha value is -3.87. The fourth-order valence-electron chi connectivity index (χ4n) is 2.78. The van der Waals surface area contributed by atoms with Gasteiger partial charge < -0.3 is 14.8 Å². The lowest BCUT2D eigenvalue weighted by Crippen LogP contribution is -2.12. The summed E-state index contributed by atoms with van der Waals surface area (Å²) in [5, 5.41) is 13.6. The van der Waals surface area contributed by atoms with Gasteiger partial charge in [-0.3, -0.25) is 14.9 Å². The van der Waals surface area contributed by atoms with Crippen molar-refractivity contribution < 1.29 is 19.2 Å².